The molecule has 5 nitrogen and oxygen atoms in total. The fraction of sp³-hybridized carbons (Fsp3) is 0.188. The summed E-state index contributed by atoms with van der Waals surface area (Å²) in [5, 5.41) is 7.95. The number of hydrogen-bond donors (Lipinski definition) is 0. The minimum Gasteiger partial charge on any atom is -0.482 e. The largest absolute Gasteiger partial charge is 0.482 e. The van der Waals surface area contributed by atoms with Crippen LogP contribution in [0, 0.1) is 13.8 Å². The zero-order chi connectivity index (χ0) is 16.6. The number of nitrogens with zero attached hydrogens (tertiary/aromatic N) is 3. The smallest absolute Gasteiger partial charge is 0.286 e. The second kappa shape index (κ2) is 6.41. The number of carbonyl (C=O) groups is 1. The second-order valence-corrected chi connectivity index (χ2v) is 6.98. The number of aryl methyl sites for hydroxylation is 2. The third-order valence-corrected chi connectivity index (χ3v) is 4.42. The second-order valence-electron chi connectivity index (χ2n) is 5.21. The Balaban J connectivity index is 1.82. The standard InChI is InChI=1S/C16H13Br2N3O2/c1-9-3-4-14-13(5-9)19-20-21(14)15(22)8-23-16-10(2)6-11(17)7-12(16)18/h3-7H,8H2,1-2H3. The Bertz CT molecular complexity index is 882. The van der Waals surface area contributed by atoms with Crippen molar-refractivity contribution in [3.05, 3.63) is 50.4 Å². The number of ether oxygens (including phenoxy) is 1. The molecule has 23 heavy (non-hydrogen) atoms. The summed E-state index contributed by atoms with van der Waals surface area (Å²) in [5.74, 6) is 0.368. The van der Waals surface area contributed by atoms with Gasteiger partial charge in [-0.25, -0.2) is 0 Å². The summed E-state index contributed by atoms with van der Waals surface area (Å²) in [7, 11) is 0. The van der Waals surface area contributed by atoms with Crippen LogP contribution in [0.2, 0.25) is 0 Å². The van der Waals surface area contributed by atoms with Gasteiger partial charge in [0.2, 0.25) is 0 Å². The fourth-order valence-corrected chi connectivity index (χ4v) is 3.84. The van der Waals surface area contributed by atoms with E-state index < -0.39 is 0 Å². The van der Waals surface area contributed by atoms with Crippen molar-refractivity contribution < 1.29 is 9.53 Å². The number of hydrogen-bond acceptors (Lipinski definition) is 4. The summed E-state index contributed by atoms with van der Waals surface area (Å²) in [6.45, 7) is 3.77. The fourth-order valence-electron chi connectivity index (χ4n) is 2.28. The Labute approximate surface area is 149 Å². The zero-order valence-corrected chi connectivity index (χ0v) is 15.7. The lowest BCUT2D eigenvalue weighted by Crippen LogP contribution is -2.20. The maximum atomic E-state index is 12.4. The molecule has 0 N–H and O–H groups in total. The van der Waals surface area contributed by atoms with Crippen molar-refractivity contribution in [2.24, 2.45) is 0 Å². The average molecular weight is 439 g/mol. The van der Waals surface area contributed by atoms with E-state index in [0.29, 0.717) is 16.8 Å². The van der Waals surface area contributed by atoms with Gasteiger partial charge in [0.1, 0.15) is 11.3 Å². The molecule has 0 spiro atoms. The van der Waals surface area contributed by atoms with Gasteiger partial charge < -0.3 is 4.74 Å². The molecule has 0 unspecified atom stereocenters. The van der Waals surface area contributed by atoms with Gasteiger partial charge in [0.05, 0.1) is 9.99 Å². The van der Waals surface area contributed by atoms with Crippen LogP contribution < -0.4 is 4.74 Å². The van der Waals surface area contributed by atoms with Crippen molar-refractivity contribution in [2.75, 3.05) is 6.61 Å². The molecule has 1 heterocycles. The molecular formula is C16H13Br2N3O2. The van der Waals surface area contributed by atoms with Crippen molar-refractivity contribution >= 4 is 48.8 Å². The summed E-state index contributed by atoms with van der Waals surface area (Å²) in [4.78, 5) is 12.4. The van der Waals surface area contributed by atoms with E-state index in [1.807, 2.05) is 44.2 Å². The Morgan fingerprint density at radius 3 is 2.74 bits per heavy atom. The first kappa shape index (κ1) is 16.1. The first-order valence-corrected chi connectivity index (χ1v) is 8.48. The molecule has 1 aromatic heterocycles. The molecule has 0 saturated heterocycles. The molecule has 0 amide bonds. The van der Waals surface area contributed by atoms with Gasteiger partial charge in [0.15, 0.2) is 6.61 Å². The van der Waals surface area contributed by atoms with Crippen LogP contribution in [-0.2, 0) is 0 Å². The predicted molar refractivity (Wildman–Crippen MR) is 95.0 cm³/mol. The third-order valence-electron chi connectivity index (χ3n) is 3.37. The quantitative estimate of drug-likeness (QED) is 0.611. The lowest BCUT2D eigenvalue weighted by atomic mass is 10.2. The molecule has 0 atom stereocenters. The molecule has 2 aromatic carbocycles. The van der Waals surface area contributed by atoms with E-state index in [1.165, 1.54) is 4.68 Å². The number of halogens is 2. The Morgan fingerprint density at radius 2 is 2.00 bits per heavy atom. The van der Waals surface area contributed by atoms with Crippen LogP contribution in [-0.4, -0.2) is 27.5 Å². The van der Waals surface area contributed by atoms with Gasteiger partial charge in [0, 0.05) is 4.47 Å². The molecule has 118 valence electrons. The molecule has 0 aliphatic carbocycles. The van der Waals surface area contributed by atoms with Gasteiger partial charge in [-0.3, -0.25) is 4.79 Å². The number of carbonyl (C=O) groups excluding carboxylic acids is 1. The van der Waals surface area contributed by atoms with Gasteiger partial charge in [-0.1, -0.05) is 27.2 Å². The molecule has 0 bridgehead atoms. The highest BCUT2D eigenvalue weighted by Gasteiger charge is 2.14. The highest BCUT2D eigenvalue weighted by molar-refractivity contribution is 9.11. The van der Waals surface area contributed by atoms with Crippen LogP contribution >= 0.6 is 31.9 Å². The summed E-state index contributed by atoms with van der Waals surface area (Å²) in [6.07, 6.45) is 0. The van der Waals surface area contributed by atoms with Crippen LogP contribution in [0.25, 0.3) is 11.0 Å². The highest BCUT2D eigenvalue weighted by Crippen LogP contribution is 2.32. The minimum atomic E-state index is -0.273. The van der Waals surface area contributed by atoms with Crippen molar-refractivity contribution in [3.63, 3.8) is 0 Å². The van der Waals surface area contributed by atoms with Crippen LogP contribution in [0.4, 0.5) is 0 Å². The Hall–Kier alpha value is -1.73. The normalized spacial score (nSPS) is 11.0. The van der Waals surface area contributed by atoms with Gasteiger partial charge in [-0.05, 0) is 65.2 Å². The van der Waals surface area contributed by atoms with E-state index in [0.717, 1.165) is 20.1 Å². The molecule has 0 saturated carbocycles. The van der Waals surface area contributed by atoms with Crippen LogP contribution in [0.5, 0.6) is 5.75 Å². The lowest BCUT2D eigenvalue weighted by Gasteiger charge is -2.11. The lowest BCUT2D eigenvalue weighted by molar-refractivity contribution is 0.0823. The number of benzene rings is 2. The van der Waals surface area contributed by atoms with Crippen LogP contribution in [0.3, 0.4) is 0 Å². The Kier molecular flexibility index (Phi) is 4.50. The van der Waals surface area contributed by atoms with Crippen LogP contribution in [0.15, 0.2) is 39.3 Å². The molecule has 3 rings (SSSR count). The molecule has 7 heteroatoms. The first-order chi connectivity index (χ1) is 11.0. The Morgan fingerprint density at radius 1 is 1.22 bits per heavy atom. The summed E-state index contributed by atoms with van der Waals surface area (Å²) in [6, 6.07) is 9.45. The van der Waals surface area contributed by atoms with E-state index in [-0.39, 0.29) is 12.5 Å². The maximum Gasteiger partial charge on any atom is 0.286 e. The molecule has 0 aliphatic heterocycles. The summed E-state index contributed by atoms with van der Waals surface area (Å²) in [5.41, 5.74) is 3.37. The van der Waals surface area contributed by atoms with Crippen molar-refractivity contribution in [1.82, 2.24) is 15.0 Å². The number of rotatable bonds is 3. The van der Waals surface area contributed by atoms with E-state index in [2.05, 4.69) is 42.2 Å². The zero-order valence-electron chi connectivity index (χ0n) is 12.5. The number of fused-ring (bicyclic) bond motifs is 1. The number of aromatic nitrogens is 3. The molecule has 0 radical (unpaired) electrons. The van der Waals surface area contributed by atoms with E-state index in [4.69, 9.17) is 4.74 Å². The third kappa shape index (κ3) is 3.30. The summed E-state index contributed by atoms with van der Waals surface area (Å²) >= 11 is 6.86. The van der Waals surface area contributed by atoms with Crippen molar-refractivity contribution in [3.8, 4) is 5.75 Å². The average Bonchev–Trinajstić information content (AvgIpc) is 2.88. The predicted octanol–water partition coefficient (Wildman–Crippen LogP) is 4.29. The van der Waals surface area contributed by atoms with E-state index in [9.17, 15) is 4.79 Å². The summed E-state index contributed by atoms with van der Waals surface area (Å²) < 4.78 is 8.68. The van der Waals surface area contributed by atoms with Gasteiger partial charge in [0.25, 0.3) is 5.91 Å². The van der Waals surface area contributed by atoms with Gasteiger partial charge >= 0.3 is 0 Å². The van der Waals surface area contributed by atoms with E-state index >= 15 is 0 Å². The monoisotopic (exact) mass is 437 g/mol. The molecule has 3 aromatic rings. The van der Waals surface area contributed by atoms with Crippen molar-refractivity contribution in [1.29, 1.82) is 0 Å². The molecule has 0 fully saturated rings. The van der Waals surface area contributed by atoms with Crippen LogP contribution in [0.1, 0.15) is 15.9 Å². The first-order valence-electron chi connectivity index (χ1n) is 6.89. The SMILES string of the molecule is Cc1ccc2c(c1)nnn2C(=O)COc1c(C)cc(Br)cc1Br. The van der Waals surface area contributed by atoms with Gasteiger partial charge in [-0.15, -0.1) is 5.10 Å². The maximum absolute atomic E-state index is 12.4. The topological polar surface area (TPSA) is 57.0 Å². The van der Waals surface area contributed by atoms with Crippen molar-refractivity contribution in [2.45, 2.75) is 13.8 Å². The van der Waals surface area contributed by atoms with E-state index in [1.54, 1.807) is 0 Å². The highest BCUT2D eigenvalue weighted by atomic mass is 79.9. The van der Waals surface area contributed by atoms with Gasteiger partial charge in [-0.2, -0.15) is 4.68 Å². The molecule has 0 aliphatic rings. The molecular weight excluding hydrogens is 426 g/mol. The minimum absolute atomic E-state index is 0.118.